The molecule has 0 radical (unpaired) electrons. The van der Waals surface area contributed by atoms with Gasteiger partial charge in [-0.2, -0.15) is 0 Å². The fourth-order valence-corrected chi connectivity index (χ4v) is 4.38. The summed E-state index contributed by atoms with van der Waals surface area (Å²) < 4.78 is 10.1. The molecule has 1 amide bonds. The standard InChI is InChI=1S/C18H24N2O4S/c1-23-18(22)15-4-2-14(3-5-15)17-20(16(21)6-13-25-17)8-7-19-9-11-24-12-10-19/h2-5,17H,6-13H2,1H3. The van der Waals surface area contributed by atoms with Crippen molar-refractivity contribution in [3.8, 4) is 0 Å². The van der Waals surface area contributed by atoms with Crippen LogP contribution in [-0.4, -0.2) is 73.9 Å². The van der Waals surface area contributed by atoms with Gasteiger partial charge in [0.2, 0.25) is 5.91 Å². The van der Waals surface area contributed by atoms with E-state index >= 15 is 0 Å². The second-order valence-electron chi connectivity index (χ2n) is 6.13. The maximum Gasteiger partial charge on any atom is 0.337 e. The highest BCUT2D eigenvalue weighted by atomic mass is 32.2. The third-order valence-corrected chi connectivity index (χ3v) is 5.86. The Morgan fingerprint density at radius 2 is 1.96 bits per heavy atom. The van der Waals surface area contributed by atoms with Crippen LogP contribution in [0.1, 0.15) is 27.7 Å². The molecule has 1 aromatic carbocycles. The molecule has 2 aliphatic heterocycles. The molecule has 136 valence electrons. The SMILES string of the molecule is COC(=O)c1ccc(C2SCCC(=O)N2CCN2CCOCC2)cc1. The van der Waals surface area contributed by atoms with E-state index < -0.39 is 0 Å². The molecule has 1 aromatic rings. The van der Waals surface area contributed by atoms with E-state index in [1.54, 1.807) is 23.9 Å². The molecule has 2 fully saturated rings. The Balaban J connectivity index is 1.68. The minimum atomic E-state index is -0.344. The first-order valence-electron chi connectivity index (χ1n) is 8.58. The number of amides is 1. The molecule has 7 heteroatoms. The molecule has 0 bridgehead atoms. The Morgan fingerprint density at radius 1 is 1.24 bits per heavy atom. The van der Waals surface area contributed by atoms with Gasteiger partial charge in [-0.1, -0.05) is 12.1 Å². The van der Waals surface area contributed by atoms with E-state index in [4.69, 9.17) is 9.47 Å². The van der Waals surface area contributed by atoms with Gasteiger partial charge in [-0.25, -0.2) is 4.79 Å². The quantitative estimate of drug-likeness (QED) is 0.742. The summed E-state index contributed by atoms with van der Waals surface area (Å²) >= 11 is 1.78. The molecule has 1 unspecified atom stereocenters. The smallest absolute Gasteiger partial charge is 0.337 e. The number of thioether (sulfide) groups is 1. The van der Waals surface area contributed by atoms with Crippen molar-refractivity contribution in [1.82, 2.24) is 9.80 Å². The van der Waals surface area contributed by atoms with Crippen molar-refractivity contribution < 1.29 is 19.1 Å². The van der Waals surface area contributed by atoms with Crippen LogP contribution in [0.3, 0.4) is 0 Å². The molecule has 0 aromatic heterocycles. The van der Waals surface area contributed by atoms with Gasteiger partial charge in [-0.15, -0.1) is 11.8 Å². The molecule has 2 saturated heterocycles. The molecule has 0 spiro atoms. The molecule has 6 nitrogen and oxygen atoms in total. The average molecular weight is 364 g/mol. The van der Waals surface area contributed by atoms with E-state index in [-0.39, 0.29) is 17.3 Å². The minimum Gasteiger partial charge on any atom is -0.465 e. The summed E-state index contributed by atoms with van der Waals surface area (Å²) in [5.41, 5.74) is 1.57. The van der Waals surface area contributed by atoms with E-state index in [0.29, 0.717) is 12.0 Å². The van der Waals surface area contributed by atoms with Gasteiger partial charge in [-0.3, -0.25) is 9.69 Å². The summed E-state index contributed by atoms with van der Waals surface area (Å²) in [6.07, 6.45) is 0.588. The van der Waals surface area contributed by atoms with Crippen LogP contribution in [0.4, 0.5) is 0 Å². The maximum absolute atomic E-state index is 12.5. The highest BCUT2D eigenvalue weighted by Crippen LogP contribution is 2.37. The number of morpholine rings is 1. The zero-order chi connectivity index (χ0) is 17.6. The molecule has 3 rings (SSSR count). The number of benzene rings is 1. The highest BCUT2D eigenvalue weighted by Gasteiger charge is 2.30. The zero-order valence-electron chi connectivity index (χ0n) is 14.5. The Labute approximate surface area is 152 Å². The fraction of sp³-hybridized carbons (Fsp3) is 0.556. The summed E-state index contributed by atoms with van der Waals surface area (Å²) in [6.45, 7) is 4.96. The molecule has 2 heterocycles. The average Bonchev–Trinajstić information content (AvgIpc) is 2.67. The lowest BCUT2D eigenvalue weighted by Crippen LogP contribution is -2.45. The normalized spacial score (nSPS) is 22.0. The number of nitrogens with zero attached hydrogens (tertiary/aromatic N) is 2. The monoisotopic (exact) mass is 364 g/mol. The van der Waals surface area contributed by atoms with Crippen molar-refractivity contribution in [2.75, 3.05) is 52.3 Å². The van der Waals surface area contributed by atoms with Gasteiger partial charge in [-0.05, 0) is 17.7 Å². The van der Waals surface area contributed by atoms with Gasteiger partial charge in [0.05, 0.1) is 25.9 Å². The molecule has 0 saturated carbocycles. The van der Waals surface area contributed by atoms with Gasteiger partial charge < -0.3 is 14.4 Å². The van der Waals surface area contributed by atoms with Crippen molar-refractivity contribution in [3.05, 3.63) is 35.4 Å². The molecule has 2 aliphatic rings. The van der Waals surface area contributed by atoms with Crippen molar-refractivity contribution in [2.45, 2.75) is 11.8 Å². The first-order chi connectivity index (χ1) is 12.2. The Morgan fingerprint density at radius 3 is 2.64 bits per heavy atom. The fourth-order valence-electron chi connectivity index (χ4n) is 3.12. The number of rotatable bonds is 5. The second kappa shape index (κ2) is 8.69. The number of esters is 1. The first kappa shape index (κ1) is 18.2. The number of carbonyl (C=O) groups is 2. The van der Waals surface area contributed by atoms with Gasteiger partial charge in [0, 0.05) is 38.4 Å². The van der Waals surface area contributed by atoms with Crippen LogP contribution >= 0.6 is 11.8 Å². The van der Waals surface area contributed by atoms with Crippen LogP contribution in [0.25, 0.3) is 0 Å². The van der Waals surface area contributed by atoms with Crippen LogP contribution in [0.15, 0.2) is 24.3 Å². The largest absolute Gasteiger partial charge is 0.465 e. The molecule has 25 heavy (non-hydrogen) atoms. The van der Waals surface area contributed by atoms with E-state index in [9.17, 15) is 9.59 Å². The molecular weight excluding hydrogens is 340 g/mol. The minimum absolute atomic E-state index is 0.00832. The maximum atomic E-state index is 12.5. The van der Waals surface area contributed by atoms with Crippen molar-refractivity contribution >= 4 is 23.6 Å². The second-order valence-corrected chi connectivity index (χ2v) is 7.32. The number of methoxy groups -OCH3 is 1. The number of carbonyl (C=O) groups excluding carboxylic acids is 2. The van der Waals surface area contributed by atoms with Crippen molar-refractivity contribution in [1.29, 1.82) is 0 Å². The number of hydrogen-bond donors (Lipinski definition) is 0. The van der Waals surface area contributed by atoms with Gasteiger partial charge in [0.1, 0.15) is 5.37 Å². The van der Waals surface area contributed by atoms with Crippen LogP contribution < -0.4 is 0 Å². The van der Waals surface area contributed by atoms with Crippen molar-refractivity contribution in [2.24, 2.45) is 0 Å². The van der Waals surface area contributed by atoms with Crippen LogP contribution in [0, 0.1) is 0 Å². The third kappa shape index (κ3) is 4.54. The molecular formula is C18H24N2O4S. The number of ether oxygens (including phenoxy) is 2. The Bertz CT molecular complexity index is 602. The summed E-state index contributed by atoms with van der Waals surface area (Å²) in [6, 6.07) is 7.37. The van der Waals surface area contributed by atoms with E-state index in [0.717, 1.165) is 50.7 Å². The predicted molar refractivity (Wildman–Crippen MR) is 96.6 cm³/mol. The Hall–Kier alpha value is -1.57. The third-order valence-electron chi connectivity index (χ3n) is 4.57. The summed E-state index contributed by atoms with van der Waals surface area (Å²) in [5, 5.41) is 0.00832. The molecule has 1 atom stereocenters. The van der Waals surface area contributed by atoms with Gasteiger partial charge >= 0.3 is 5.97 Å². The summed E-state index contributed by atoms with van der Waals surface area (Å²) in [7, 11) is 1.37. The molecule has 0 N–H and O–H groups in total. The van der Waals surface area contributed by atoms with E-state index in [1.165, 1.54) is 7.11 Å². The van der Waals surface area contributed by atoms with Crippen LogP contribution in [-0.2, 0) is 14.3 Å². The van der Waals surface area contributed by atoms with Crippen LogP contribution in [0.2, 0.25) is 0 Å². The molecule has 0 aliphatic carbocycles. The predicted octanol–water partition coefficient (Wildman–Crippen LogP) is 1.77. The Kier molecular flexibility index (Phi) is 6.34. The number of hydrogen-bond acceptors (Lipinski definition) is 6. The van der Waals surface area contributed by atoms with E-state index in [1.807, 2.05) is 17.0 Å². The van der Waals surface area contributed by atoms with Crippen LogP contribution in [0.5, 0.6) is 0 Å². The van der Waals surface area contributed by atoms with Gasteiger partial charge in [0.25, 0.3) is 0 Å². The van der Waals surface area contributed by atoms with Gasteiger partial charge in [0.15, 0.2) is 0 Å². The lowest BCUT2D eigenvalue weighted by atomic mass is 10.1. The topological polar surface area (TPSA) is 59.1 Å². The van der Waals surface area contributed by atoms with E-state index in [2.05, 4.69) is 4.90 Å². The highest BCUT2D eigenvalue weighted by molar-refractivity contribution is 7.99. The lowest BCUT2D eigenvalue weighted by molar-refractivity contribution is -0.132. The summed E-state index contributed by atoms with van der Waals surface area (Å²) in [4.78, 5) is 28.4. The summed E-state index contributed by atoms with van der Waals surface area (Å²) in [5.74, 6) is 0.688. The zero-order valence-corrected chi connectivity index (χ0v) is 15.3. The first-order valence-corrected chi connectivity index (χ1v) is 9.63. The van der Waals surface area contributed by atoms with Crippen molar-refractivity contribution in [3.63, 3.8) is 0 Å². The lowest BCUT2D eigenvalue weighted by Gasteiger charge is -2.37.